The minimum Gasteiger partial charge on any atom is -0.444 e. The van der Waals surface area contributed by atoms with Crippen LogP contribution in [0, 0.1) is 5.92 Å². The van der Waals surface area contributed by atoms with Gasteiger partial charge in [0.05, 0.1) is 5.75 Å². The van der Waals surface area contributed by atoms with Gasteiger partial charge in [0.15, 0.2) is 5.16 Å². The quantitative estimate of drug-likeness (QED) is 0.743. The Labute approximate surface area is 165 Å². The molecule has 2 rings (SSSR count). The van der Waals surface area contributed by atoms with E-state index in [1.54, 1.807) is 6.33 Å². The lowest BCUT2D eigenvalue weighted by atomic mass is 9.97. The van der Waals surface area contributed by atoms with Gasteiger partial charge in [0, 0.05) is 25.7 Å². The molecule has 1 aromatic rings. The Morgan fingerprint density at radius 1 is 1.33 bits per heavy atom. The van der Waals surface area contributed by atoms with Crippen LogP contribution in [0.3, 0.4) is 0 Å². The Hall–Kier alpha value is -1.77. The van der Waals surface area contributed by atoms with Gasteiger partial charge in [-0.1, -0.05) is 11.8 Å². The minimum atomic E-state index is -0.489. The van der Waals surface area contributed by atoms with Gasteiger partial charge in [-0.05, 0) is 53.4 Å². The third-order valence-electron chi connectivity index (χ3n) is 4.32. The van der Waals surface area contributed by atoms with Crippen LogP contribution in [0.4, 0.5) is 4.79 Å². The van der Waals surface area contributed by atoms with Crippen LogP contribution >= 0.6 is 11.8 Å². The highest BCUT2D eigenvalue weighted by atomic mass is 32.2. The molecule has 0 saturated carbocycles. The van der Waals surface area contributed by atoms with Crippen molar-refractivity contribution in [1.29, 1.82) is 0 Å². The highest BCUT2D eigenvalue weighted by molar-refractivity contribution is 7.99. The van der Waals surface area contributed by atoms with Crippen molar-refractivity contribution in [2.75, 3.05) is 25.4 Å². The van der Waals surface area contributed by atoms with Crippen molar-refractivity contribution in [3.05, 3.63) is 6.33 Å². The molecule has 1 aliphatic heterocycles. The standard InChI is InChI=1S/C18H31N5O3S/c1-13(2)23-12-20-21-16(23)27-11-15(24)22-8-6-14(7-9-22)10-19-17(25)26-18(3,4)5/h12-14H,6-11H2,1-5H3,(H,19,25). The zero-order valence-electron chi connectivity index (χ0n) is 16.9. The smallest absolute Gasteiger partial charge is 0.407 e. The van der Waals surface area contributed by atoms with E-state index in [0.29, 0.717) is 18.2 Å². The van der Waals surface area contributed by atoms with E-state index in [9.17, 15) is 9.59 Å². The van der Waals surface area contributed by atoms with Crippen LogP contribution in [-0.2, 0) is 9.53 Å². The number of hydrogen-bond acceptors (Lipinski definition) is 6. The zero-order chi connectivity index (χ0) is 20.0. The first-order valence-corrected chi connectivity index (χ1v) is 10.4. The zero-order valence-corrected chi connectivity index (χ0v) is 17.7. The molecular weight excluding hydrogens is 366 g/mol. The molecule has 152 valence electrons. The molecule has 1 N–H and O–H groups in total. The first-order chi connectivity index (χ1) is 12.7. The lowest BCUT2D eigenvalue weighted by Gasteiger charge is -2.32. The largest absolute Gasteiger partial charge is 0.444 e. The number of piperidine rings is 1. The average molecular weight is 398 g/mol. The van der Waals surface area contributed by atoms with Crippen LogP contribution in [0.25, 0.3) is 0 Å². The predicted octanol–water partition coefficient (Wildman–Crippen LogP) is 2.71. The molecule has 9 heteroatoms. The minimum absolute atomic E-state index is 0.122. The third-order valence-corrected chi connectivity index (χ3v) is 5.26. The van der Waals surface area contributed by atoms with Crippen molar-refractivity contribution < 1.29 is 14.3 Å². The van der Waals surface area contributed by atoms with Crippen molar-refractivity contribution in [3.63, 3.8) is 0 Å². The van der Waals surface area contributed by atoms with Gasteiger partial charge < -0.3 is 19.5 Å². The van der Waals surface area contributed by atoms with Crippen LogP contribution in [0.5, 0.6) is 0 Å². The molecule has 0 aliphatic carbocycles. The molecule has 0 aromatic carbocycles. The summed E-state index contributed by atoms with van der Waals surface area (Å²) in [5, 5.41) is 11.6. The SMILES string of the molecule is CC(C)n1cnnc1SCC(=O)N1CCC(CNC(=O)OC(C)(C)C)CC1. The number of nitrogens with zero attached hydrogens (tertiary/aromatic N) is 4. The maximum absolute atomic E-state index is 12.5. The fraction of sp³-hybridized carbons (Fsp3) is 0.778. The summed E-state index contributed by atoms with van der Waals surface area (Å²) in [5.74, 6) is 0.863. The molecule has 0 atom stereocenters. The van der Waals surface area contributed by atoms with Crippen LogP contribution in [-0.4, -0.2) is 62.7 Å². The van der Waals surface area contributed by atoms with Gasteiger partial charge >= 0.3 is 6.09 Å². The number of thioether (sulfide) groups is 1. The second-order valence-corrected chi connectivity index (χ2v) is 9.05. The van der Waals surface area contributed by atoms with Crippen molar-refractivity contribution in [3.8, 4) is 0 Å². The van der Waals surface area contributed by atoms with Crippen molar-refractivity contribution in [1.82, 2.24) is 25.0 Å². The van der Waals surface area contributed by atoms with Gasteiger partial charge in [0.1, 0.15) is 11.9 Å². The molecule has 1 aliphatic rings. The maximum Gasteiger partial charge on any atom is 0.407 e. The van der Waals surface area contributed by atoms with Crippen molar-refractivity contribution >= 4 is 23.8 Å². The van der Waals surface area contributed by atoms with E-state index in [0.717, 1.165) is 31.1 Å². The molecule has 2 amide bonds. The van der Waals surface area contributed by atoms with Crippen molar-refractivity contribution in [2.45, 2.75) is 64.3 Å². The van der Waals surface area contributed by atoms with E-state index in [-0.39, 0.29) is 18.0 Å². The number of amides is 2. The Balaban J connectivity index is 1.69. The number of carbonyl (C=O) groups excluding carboxylic acids is 2. The average Bonchev–Trinajstić information content (AvgIpc) is 3.05. The molecule has 0 radical (unpaired) electrons. The number of carbonyl (C=O) groups is 2. The van der Waals surface area contributed by atoms with Crippen LogP contribution in [0.2, 0.25) is 0 Å². The fourth-order valence-corrected chi connectivity index (χ4v) is 3.78. The second kappa shape index (κ2) is 9.43. The lowest BCUT2D eigenvalue weighted by Crippen LogP contribution is -2.43. The Morgan fingerprint density at radius 3 is 2.59 bits per heavy atom. The monoisotopic (exact) mass is 397 g/mol. The van der Waals surface area contributed by atoms with Crippen molar-refractivity contribution in [2.24, 2.45) is 5.92 Å². The second-order valence-electron chi connectivity index (χ2n) is 8.11. The highest BCUT2D eigenvalue weighted by Gasteiger charge is 2.24. The summed E-state index contributed by atoms with van der Waals surface area (Å²) < 4.78 is 7.22. The summed E-state index contributed by atoms with van der Waals surface area (Å²) in [4.78, 5) is 26.1. The summed E-state index contributed by atoms with van der Waals surface area (Å²) >= 11 is 1.43. The van der Waals surface area contributed by atoms with E-state index < -0.39 is 5.60 Å². The van der Waals surface area contributed by atoms with Gasteiger partial charge in [-0.2, -0.15) is 0 Å². The van der Waals surface area contributed by atoms with E-state index in [1.807, 2.05) is 30.2 Å². The van der Waals surface area contributed by atoms with Crippen LogP contribution in [0.1, 0.15) is 53.5 Å². The van der Waals surface area contributed by atoms with E-state index in [1.165, 1.54) is 11.8 Å². The number of aromatic nitrogens is 3. The molecule has 1 fully saturated rings. The van der Waals surface area contributed by atoms with Gasteiger partial charge in [-0.15, -0.1) is 10.2 Å². The fourth-order valence-electron chi connectivity index (χ4n) is 2.84. The molecular formula is C18H31N5O3S. The maximum atomic E-state index is 12.5. The number of alkyl carbamates (subject to hydrolysis) is 1. The van der Waals surface area contributed by atoms with E-state index >= 15 is 0 Å². The van der Waals surface area contributed by atoms with Crippen LogP contribution in [0.15, 0.2) is 11.5 Å². The van der Waals surface area contributed by atoms with Gasteiger partial charge in [0.25, 0.3) is 0 Å². The molecule has 1 saturated heterocycles. The third kappa shape index (κ3) is 7.04. The first kappa shape index (κ1) is 21.5. The Morgan fingerprint density at radius 2 is 2.00 bits per heavy atom. The molecule has 8 nitrogen and oxygen atoms in total. The first-order valence-electron chi connectivity index (χ1n) is 9.42. The summed E-state index contributed by atoms with van der Waals surface area (Å²) in [6.45, 7) is 11.7. The Kier molecular flexibility index (Phi) is 7.52. The lowest BCUT2D eigenvalue weighted by molar-refractivity contribution is -0.129. The predicted molar refractivity (Wildman–Crippen MR) is 105 cm³/mol. The normalized spacial score (nSPS) is 15.9. The highest BCUT2D eigenvalue weighted by Crippen LogP contribution is 2.21. The Bertz CT molecular complexity index is 633. The van der Waals surface area contributed by atoms with Crippen LogP contribution < -0.4 is 5.32 Å². The van der Waals surface area contributed by atoms with E-state index in [4.69, 9.17) is 4.74 Å². The summed E-state index contributed by atoms with van der Waals surface area (Å²) in [7, 11) is 0. The number of hydrogen-bond donors (Lipinski definition) is 1. The number of ether oxygens (including phenoxy) is 1. The molecule has 2 heterocycles. The summed E-state index contributed by atoms with van der Waals surface area (Å²) in [5.41, 5.74) is -0.489. The van der Waals surface area contributed by atoms with Gasteiger partial charge in [0.2, 0.25) is 5.91 Å². The molecule has 0 spiro atoms. The molecule has 27 heavy (non-hydrogen) atoms. The number of rotatable bonds is 6. The van der Waals surface area contributed by atoms with E-state index in [2.05, 4.69) is 29.4 Å². The molecule has 1 aromatic heterocycles. The summed E-state index contributed by atoms with van der Waals surface area (Å²) in [6, 6.07) is 0.269. The number of likely N-dealkylation sites (tertiary alicyclic amines) is 1. The van der Waals surface area contributed by atoms with Gasteiger partial charge in [-0.3, -0.25) is 4.79 Å². The number of nitrogens with one attached hydrogen (secondary N) is 1. The van der Waals surface area contributed by atoms with Gasteiger partial charge in [-0.25, -0.2) is 4.79 Å². The topological polar surface area (TPSA) is 89.4 Å². The summed E-state index contributed by atoms with van der Waals surface area (Å²) in [6.07, 6.45) is 3.08. The molecule has 0 unspecified atom stereocenters. The molecule has 0 bridgehead atoms.